The van der Waals surface area contributed by atoms with Gasteiger partial charge in [-0.05, 0) is 44.2 Å². The van der Waals surface area contributed by atoms with Crippen LogP contribution in [0, 0.1) is 19.8 Å². The zero-order valence-corrected chi connectivity index (χ0v) is 12.4. The highest BCUT2D eigenvalue weighted by molar-refractivity contribution is 8.00. The number of hydrogen-bond acceptors (Lipinski definition) is 3. The minimum atomic E-state index is 0.0713. The number of benzene rings is 1. The number of nitrogens with one attached hydrogen (secondary N) is 1. The van der Waals surface area contributed by atoms with E-state index in [9.17, 15) is 4.79 Å². The van der Waals surface area contributed by atoms with E-state index < -0.39 is 0 Å². The minimum Gasteiger partial charge on any atom is -0.354 e. The summed E-state index contributed by atoms with van der Waals surface area (Å²) in [6.07, 6.45) is 2.43. The molecular formula is C15H22N2OS. The van der Waals surface area contributed by atoms with Crippen LogP contribution in [0.4, 0.5) is 0 Å². The molecule has 1 aliphatic rings. The van der Waals surface area contributed by atoms with Gasteiger partial charge >= 0.3 is 0 Å². The molecule has 4 heteroatoms. The summed E-state index contributed by atoms with van der Waals surface area (Å²) < 4.78 is 0. The molecule has 0 aromatic heterocycles. The first-order chi connectivity index (χ1) is 9.06. The molecular weight excluding hydrogens is 256 g/mol. The first kappa shape index (κ1) is 14.4. The van der Waals surface area contributed by atoms with Crippen LogP contribution in [0.25, 0.3) is 0 Å². The maximum atomic E-state index is 11.8. The van der Waals surface area contributed by atoms with E-state index >= 15 is 0 Å². The Kier molecular flexibility index (Phi) is 4.88. The second-order valence-corrected chi connectivity index (χ2v) is 6.38. The van der Waals surface area contributed by atoms with E-state index in [1.807, 2.05) is 0 Å². The predicted molar refractivity (Wildman–Crippen MR) is 80.3 cm³/mol. The molecule has 1 aromatic rings. The fourth-order valence-electron chi connectivity index (χ4n) is 1.98. The quantitative estimate of drug-likeness (QED) is 0.785. The van der Waals surface area contributed by atoms with Crippen molar-refractivity contribution in [2.24, 2.45) is 11.7 Å². The molecule has 1 unspecified atom stereocenters. The fraction of sp³-hybridized carbons (Fsp3) is 0.533. The largest absolute Gasteiger partial charge is 0.354 e. The van der Waals surface area contributed by atoms with Gasteiger partial charge in [-0.15, -0.1) is 11.8 Å². The van der Waals surface area contributed by atoms with Gasteiger partial charge < -0.3 is 11.1 Å². The molecule has 104 valence electrons. The second-order valence-electron chi connectivity index (χ2n) is 5.36. The molecule has 0 aliphatic heterocycles. The molecule has 0 saturated heterocycles. The van der Waals surface area contributed by atoms with Gasteiger partial charge in [-0.3, -0.25) is 4.79 Å². The Morgan fingerprint density at radius 2 is 2.21 bits per heavy atom. The summed E-state index contributed by atoms with van der Waals surface area (Å²) >= 11 is 1.59. The van der Waals surface area contributed by atoms with Gasteiger partial charge in [0.1, 0.15) is 0 Å². The van der Waals surface area contributed by atoms with E-state index in [0.29, 0.717) is 18.2 Å². The normalized spacial score (nSPS) is 16.2. The summed E-state index contributed by atoms with van der Waals surface area (Å²) in [6.45, 7) is 4.75. The van der Waals surface area contributed by atoms with Crippen LogP contribution in [0.5, 0.6) is 0 Å². The third kappa shape index (κ3) is 4.55. The number of carbonyl (C=O) groups excluding carboxylic acids is 1. The summed E-state index contributed by atoms with van der Waals surface area (Å²) in [7, 11) is 0. The Morgan fingerprint density at radius 1 is 1.47 bits per heavy atom. The van der Waals surface area contributed by atoms with Gasteiger partial charge in [0.25, 0.3) is 0 Å². The molecule has 1 aliphatic carbocycles. The zero-order chi connectivity index (χ0) is 13.8. The van der Waals surface area contributed by atoms with E-state index in [1.165, 1.54) is 28.9 Å². The van der Waals surface area contributed by atoms with Gasteiger partial charge in [-0.2, -0.15) is 0 Å². The molecule has 0 spiro atoms. The van der Waals surface area contributed by atoms with Crippen LogP contribution in [0.2, 0.25) is 0 Å². The second kappa shape index (κ2) is 6.44. The maximum absolute atomic E-state index is 11.8. The molecule has 1 atom stereocenters. The highest BCUT2D eigenvalue weighted by atomic mass is 32.2. The molecule has 2 rings (SSSR count). The number of amides is 1. The Labute approximate surface area is 119 Å². The van der Waals surface area contributed by atoms with Gasteiger partial charge in [-0.25, -0.2) is 0 Å². The van der Waals surface area contributed by atoms with Crippen LogP contribution in [-0.4, -0.2) is 24.2 Å². The molecule has 1 amide bonds. The minimum absolute atomic E-state index is 0.0713. The van der Waals surface area contributed by atoms with Crippen molar-refractivity contribution in [1.29, 1.82) is 0 Å². The van der Waals surface area contributed by atoms with Crippen molar-refractivity contribution in [3.05, 3.63) is 29.3 Å². The third-order valence-electron chi connectivity index (χ3n) is 3.46. The summed E-state index contributed by atoms with van der Waals surface area (Å²) in [5.41, 5.74) is 8.40. The topological polar surface area (TPSA) is 55.1 Å². The lowest BCUT2D eigenvalue weighted by Gasteiger charge is -2.12. The van der Waals surface area contributed by atoms with Crippen LogP contribution in [0.3, 0.4) is 0 Å². The van der Waals surface area contributed by atoms with Crippen molar-refractivity contribution in [2.75, 3.05) is 12.3 Å². The summed E-state index contributed by atoms with van der Waals surface area (Å²) in [4.78, 5) is 13.0. The highest BCUT2D eigenvalue weighted by Crippen LogP contribution is 2.31. The van der Waals surface area contributed by atoms with Crippen LogP contribution in [-0.2, 0) is 4.79 Å². The van der Waals surface area contributed by atoms with E-state index in [4.69, 9.17) is 5.73 Å². The molecule has 19 heavy (non-hydrogen) atoms. The van der Waals surface area contributed by atoms with Crippen LogP contribution in [0.1, 0.15) is 24.0 Å². The van der Waals surface area contributed by atoms with Crippen LogP contribution < -0.4 is 11.1 Å². The summed E-state index contributed by atoms with van der Waals surface area (Å²) in [6, 6.07) is 6.45. The van der Waals surface area contributed by atoms with E-state index in [1.54, 1.807) is 11.8 Å². The average Bonchev–Trinajstić information content (AvgIpc) is 3.21. The predicted octanol–water partition coefficient (Wildman–Crippen LogP) is 2.25. The summed E-state index contributed by atoms with van der Waals surface area (Å²) in [5, 5.41) is 2.92. The van der Waals surface area contributed by atoms with E-state index in [-0.39, 0.29) is 11.9 Å². The van der Waals surface area contributed by atoms with Crippen LogP contribution >= 0.6 is 11.8 Å². The summed E-state index contributed by atoms with van der Waals surface area (Å²) in [5.74, 6) is 1.16. The van der Waals surface area contributed by atoms with Crippen molar-refractivity contribution < 1.29 is 4.79 Å². The number of hydrogen-bond donors (Lipinski definition) is 2. The first-order valence-electron chi connectivity index (χ1n) is 6.78. The third-order valence-corrected chi connectivity index (χ3v) is 4.62. The number of nitrogens with two attached hydrogens (primary N) is 1. The van der Waals surface area contributed by atoms with Gasteiger partial charge in [0, 0.05) is 17.5 Å². The molecule has 0 radical (unpaired) electrons. The van der Waals surface area contributed by atoms with E-state index in [2.05, 4.69) is 37.4 Å². The lowest BCUT2D eigenvalue weighted by atomic mass is 10.2. The fourth-order valence-corrected chi connectivity index (χ4v) is 2.93. The Morgan fingerprint density at radius 3 is 2.89 bits per heavy atom. The number of aryl methyl sites for hydroxylation is 2. The molecule has 3 nitrogen and oxygen atoms in total. The lowest BCUT2D eigenvalue weighted by molar-refractivity contribution is -0.118. The first-order valence-corrected chi connectivity index (χ1v) is 7.77. The van der Waals surface area contributed by atoms with Crippen LogP contribution in [0.15, 0.2) is 23.1 Å². The van der Waals surface area contributed by atoms with Gasteiger partial charge in [0.2, 0.25) is 5.91 Å². The van der Waals surface area contributed by atoms with Gasteiger partial charge in [-0.1, -0.05) is 17.7 Å². The molecule has 3 N–H and O–H groups in total. The molecule has 0 bridgehead atoms. The number of thioether (sulfide) groups is 1. The van der Waals surface area contributed by atoms with Gasteiger partial charge in [0.15, 0.2) is 0 Å². The number of rotatable bonds is 6. The van der Waals surface area contributed by atoms with Crippen molar-refractivity contribution in [2.45, 2.75) is 37.6 Å². The average molecular weight is 278 g/mol. The maximum Gasteiger partial charge on any atom is 0.230 e. The Hall–Kier alpha value is -1.00. The molecule has 1 aromatic carbocycles. The number of carbonyl (C=O) groups is 1. The molecule has 0 heterocycles. The SMILES string of the molecule is Cc1ccc(C)c(SCC(=O)NCC(N)C2CC2)c1. The van der Waals surface area contributed by atoms with E-state index in [0.717, 1.165) is 0 Å². The smallest absolute Gasteiger partial charge is 0.230 e. The Balaban J connectivity index is 1.74. The standard InChI is InChI=1S/C15H22N2OS/c1-10-3-4-11(2)14(7-10)19-9-15(18)17-8-13(16)12-5-6-12/h3-4,7,12-13H,5-6,8-9,16H2,1-2H3,(H,17,18). The molecule has 1 saturated carbocycles. The lowest BCUT2D eigenvalue weighted by Crippen LogP contribution is -2.39. The Bertz CT molecular complexity index is 457. The van der Waals surface area contributed by atoms with Crippen molar-refractivity contribution in [3.8, 4) is 0 Å². The van der Waals surface area contributed by atoms with Gasteiger partial charge in [0.05, 0.1) is 5.75 Å². The highest BCUT2D eigenvalue weighted by Gasteiger charge is 2.28. The van der Waals surface area contributed by atoms with Crippen molar-refractivity contribution >= 4 is 17.7 Å². The van der Waals surface area contributed by atoms with Crippen molar-refractivity contribution in [1.82, 2.24) is 5.32 Å². The van der Waals surface area contributed by atoms with Crippen molar-refractivity contribution in [3.63, 3.8) is 0 Å². The monoisotopic (exact) mass is 278 g/mol. The zero-order valence-electron chi connectivity index (χ0n) is 11.6. The molecule has 1 fully saturated rings.